The molecule has 0 aromatic carbocycles. The number of aldehydes is 1. The van der Waals surface area contributed by atoms with Crippen LogP contribution in [0.25, 0.3) is 0 Å². The molecule has 3 saturated carbocycles. The highest BCUT2D eigenvalue weighted by Gasteiger charge is 2.59. The van der Waals surface area contributed by atoms with Gasteiger partial charge in [-0.1, -0.05) is 104 Å². The van der Waals surface area contributed by atoms with Gasteiger partial charge in [-0.3, -0.25) is 0 Å². The molecule has 0 radical (unpaired) electrons. The van der Waals surface area contributed by atoms with Gasteiger partial charge in [-0.05, 0) is 111 Å². The second-order valence-corrected chi connectivity index (χ2v) is 16.3. The summed E-state index contributed by atoms with van der Waals surface area (Å²) in [4.78, 5) is 10.4. The number of aliphatic hydroxyl groups excluding tert-OH is 1. The first kappa shape index (κ1) is 34.2. The van der Waals surface area contributed by atoms with Crippen LogP contribution >= 0.6 is 0 Å². The number of carbonyl (C=O) groups is 1. The van der Waals surface area contributed by atoms with Crippen LogP contribution in [0.3, 0.4) is 0 Å². The number of rotatable bonds is 18. The molecule has 0 saturated heterocycles. The van der Waals surface area contributed by atoms with Gasteiger partial charge in [-0.25, -0.2) is 0 Å². The van der Waals surface area contributed by atoms with Crippen LogP contribution in [-0.2, 0) is 9.53 Å². The number of hydrogen-bond acceptors (Lipinski definition) is 3. The molecular formula is C39H68O3. The van der Waals surface area contributed by atoms with Gasteiger partial charge in [0.25, 0.3) is 0 Å². The van der Waals surface area contributed by atoms with E-state index < -0.39 is 6.10 Å². The van der Waals surface area contributed by atoms with Crippen LogP contribution in [0, 0.1) is 46.3 Å². The Balaban J connectivity index is 1.17. The summed E-state index contributed by atoms with van der Waals surface area (Å²) >= 11 is 0. The molecule has 0 bridgehead atoms. The van der Waals surface area contributed by atoms with E-state index in [1.54, 1.807) is 5.57 Å². The van der Waals surface area contributed by atoms with E-state index in [1.807, 2.05) is 0 Å². The topological polar surface area (TPSA) is 46.5 Å². The van der Waals surface area contributed by atoms with Crippen molar-refractivity contribution < 1.29 is 14.6 Å². The summed E-state index contributed by atoms with van der Waals surface area (Å²) in [6.45, 7) is 13.7. The van der Waals surface area contributed by atoms with Crippen molar-refractivity contribution >= 4 is 6.29 Å². The highest BCUT2D eigenvalue weighted by molar-refractivity contribution is 5.49. The number of aliphatic hydroxyl groups is 1. The summed E-state index contributed by atoms with van der Waals surface area (Å²) in [7, 11) is 0. The third-order valence-electron chi connectivity index (χ3n) is 13.2. The van der Waals surface area contributed by atoms with Gasteiger partial charge in [0.1, 0.15) is 6.29 Å². The van der Waals surface area contributed by atoms with Gasteiger partial charge in [0, 0.05) is 13.0 Å². The third kappa shape index (κ3) is 8.32. The number of allylic oxidation sites excluding steroid dienone is 1. The zero-order chi connectivity index (χ0) is 30.2. The Morgan fingerprint density at radius 1 is 0.881 bits per heavy atom. The van der Waals surface area contributed by atoms with Crippen molar-refractivity contribution in [2.24, 2.45) is 46.3 Å². The predicted molar refractivity (Wildman–Crippen MR) is 176 cm³/mol. The number of hydrogen-bond donors (Lipinski definition) is 1. The average molecular weight is 585 g/mol. The maximum atomic E-state index is 10.4. The van der Waals surface area contributed by atoms with Crippen molar-refractivity contribution in [2.45, 2.75) is 175 Å². The van der Waals surface area contributed by atoms with E-state index in [0.717, 1.165) is 61.2 Å². The molecule has 9 atom stereocenters. The molecule has 0 heterocycles. The first-order valence-corrected chi connectivity index (χ1v) is 18.6. The Kier molecular flexibility index (Phi) is 13.1. The number of ether oxygens (including phenoxy) is 1. The van der Waals surface area contributed by atoms with Crippen molar-refractivity contribution in [3.05, 3.63) is 11.6 Å². The lowest BCUT2D eigenvalue weighted by atomic mass is 9.47. The fourth-order valence-corrected chi connectivity index (χ4v) is 10.6. The average Bonchev–Trinajstić information content (AvgIpc) is 3.31. The number of fused-ring (bicyclic) bond motifs is 5. The van der Waals surface area contributed by atoms with Crippen LogP contribution in [-0.4, -0.2) is 30.2 Å². The third-order valence-corrected chi connectivity index (χ3v) is 13.2. The van der Waals surface area contributed by atoms with Crippen LogP contribution in [0.1, 0.15) is 163 Å². The first-order chi connectivity index (χ1) is 20.2. The maximum absolute atomic E-state index is 10.4. The maximum Gasteiger partial charge on any atom is 0.122 e. The minimum Gasteiger partial charge on any atom is -0.393 e. The smallest absolute Gasteiger partial charge is 0.122 e. The molecule has 3 nitrogen and oxygen atoms in total. The normalized spacial score (nSPS) is 35.7. The van der Waals surface area contributed by atoms with E-state index in [-0.39, 0.29) is 6.42 Å². The molecule has 0 aromatic heterocycles. The fraction of sp³-hybridized carbons (Fsp3) is 0.923. The van der Waals surface area contributed by atoms with Crippen LogP contribution in [0.2, 0.25) is 0 Å². The molecule has 5 unspecified atom stereocenters. The van der Waals surface area contributed by atoms with E-state index in [0.29, 0.717) is 16.9 Å². The Morgan fingerprint density at radius 2 is 1.62 bits per heavy atom. The van der Waals surface area contributed by atoms with Crippen LogP contribution < -0.4 is 0 Å². The lowest BCUT2D eigenvalue weighted by Crippen LogP contribution is -2.51. The highest BCUT2D eigenvalue weighted by Crippen LogP contribution is 2.67. The molecule has 4 aliphatic rings. The molecule has 4 rings (SSSR count). The Bertz CT molecular complexity index is 849. The molecule has 0 aromatic rings. The molecule has 3 heteroatoms. The van der Waals surface area contributed by atoms with Crippen molar-refractivity contribution in [2.75, 3.05) is 6.61 Å². The second-order valence-electron chi connectivity index (χ2n) is 16.3. The van der Waals surface area contributed by atoms with E-state index in [4.69, 9.17) is 4.74 Å². The first-order valence-electron chi connectivity index (χ1n) is 18.6. The van der Waals surface area contributed by atoms with E-state index in [2.05, 4.69) is 40.7 Å². The zero-order valence-electron chi connectivity index (χ0n) is 28.4. The summed E-state index contributed by atoms with van der Waals surface area (Å²) in [6.07, 6.45) is 28.4. The van der Waals surface area contributed by atoms with Crippen molar-refractivity contribution in [1.82, 2.24) is 0 Å². The summed E-state index contributed by atoms with van der Waals surface area (Å²) in [6, 6.07) is 0. The van der Waals surface area contributed by atoms with Crippen LogP contribution in [0.15, 0.2) is 11.6 Å². The molecule has 4 aliphatic carbocycles. The van der Waals surface area contributed by atoms with Gasteiger partial charge in [-0.15, -0.1) is 0 Å². The van der Waals surface area contributed by atoms with Gasteiger partial charge >= 0.3 is 0 Å². The molecule has 0 aliphatic heterocycles. The largest absolute Gasteiger partial charge is 0.393 e. The van der Waals surface area contributed by atoms with E-state index in [1.165, 1.54) is 109 Å². The number of carbonyl (C=O) groups excluding carboxylic acids is 1. The summed E-state index contributed by atoms with van der Waals surface area (Å²) in [5.74, 6) is 5.47. The molecule has 3 fully saturated rings. The quantitative estimate of drug-likeness (QED) is 0.0990. The van der Waals surface area contributed by atoms with Crippen molar-refractivity contribution in [3.63, 3.8) is 0 Å². The van der Waals surface area contributed by atoms with Gasteiger partial charge in [0.05, 0.1) is 12.2 Å². The summed E-state index contributed by atoms with van der Waals surface area (Å²) in [5.41, 5.74) is 2.77. The lowest BCUT2D eigenvalue weighted by molar-refractivity contribution is -0.109. The second kappa shape index (κ2) is 16.1. The van der Waals surface area contributed by atoms with Crippen LogP contribution in [0.5, 0.6) is 0 Å². The molecule has 0 spiro atoms. The molecule has 42 heavy (non-hydrogen) atoms. The number of unbranched alkanes of at least 4 members (excludes halogenated alkanes) is 6. The summed E-state index contributed by atoms with van der Waals surface area (Å²) < 4.78 is 6.48. The summed E-state index contributed by atoms with van der Waals surface area (Å²) in [5, 5.41) is 9.64. The Morgan fingerprint density at radius 3 is 2.36 bits per heavy atom. The standard InChI is InChI=1S/C39H68O3/c1-29(2)14-13-15-30(3)35-19-20-36-34-18-17-31-28-33(21-24-38(31,4)37(34)22-25-39(35,36)5)42-27-12-10-8-6-7-9-11-16-32(41)23-26-40/h17,26,29-30,32-37,41H,6-16,18-25,27-28H2,1-5H3/t30-,32?,33?,34?,35-,36?,37?,38+,39-/m1/s1. The van der Waals surface area contributed by atoms with Crippen molar-refractivity contribution in [1.29, 1.82) is 0 Å². The van der Waals surface area contributed by atoms with E-state index >= 15 is 0 Å². The SMILES string of the molecule is CC(C)CCC[C@@H](C)[C@H]1CCC2C3CC=C4CC(OCCCCCCCCCC(O)CC=O)CC[C@]4(C)C3CC[C@@]21C. The Hall–Kier alpha value is -0.670. The predicted octanol–water partition coefficient (Wildman–Crippen LogP) is 10.5. The highest BCUT2D eigenvalue weighted by atomic mass is 16.5. The minimum atomic E-state index is -0.431. The molecule has 242 valence electrons. The molecule has 1 N–H and O–H groups in total. The van der Waals surface area contributed by atoms with E-state index in [9.17, 15) is 9.90 Å². The van der Waals surface area contributed by atoms with Gasteiger partial charge < -0.3 is 14.6 Å². The van der Waals surface area contributed by atoms with Gasteiger partial charge in [0.2, 0.25) is 0 Å². The lowest BCUT2D eigenvalue weighted by Gasteiger charge is -2.58. The van der Waals surface area contributed by atoms with Gasteiger partial charge in [-0.2, -0.15) is 0 Å². The minimum absolute atomic E-state index is 0.289. The van der Waals surface area contributed by atoms with Gasteiger partial charge in [0.15, 0.2) is 0 Å². The monoisotopic (exact) mass is 585 g/mol. The van der Waals surface area contributed by atoms with Crippen molar-refractivity contribution in [3.8, 4) is 0 Å². The fourth-order valence-electron chi connectivity index (χ4n) is 10.6. The Labute approximate surface area is 260 Å². The molecule has 0 amide bonds. The van der Waals surface area contributed by atoms with Crippen LogP contribution in [0.4, 0.5) is 0 Å². The molecular weight excluding hydrogens is 516 g/mol. The zero-order valence-corrected chi connectivity index (χ0v) is 28.4.